The van der Waals surface area contributed by atoms with Crippen LogP contribution in [-0.2, 0) is 14.3 Å². The van der Waals surface area contributed by atoms with Gasteiger partial charge in [-0.1, -0.05) is 34.6 Å². The summed E-state index contributed by atoms with van der Waals surface area (Å²) in [7, 11) is 4.00. The predicted octanol–water partition coefficient (Wildman–Crippen LogP) is 1.92. The van der Waals surface area contributed by atoms with Crippen LogP contribution >= 0.6 is 0 Å². The molecule has 0 fully saturated rings. The number of amides is 1. The van der Waals surface area contributed by atoms with E-state index in [0.29, 0.717) is 6.54 Å². The van der Waals surface area contributed by atoms with Gasteiger partial charge in [0.2, 0.25) is 5.91 Å². The smallest absolute Gasteiger partial charge is 0.319 e. The molecule has 0 aliphatic rings. The molecule has 5 heteroatoms. The highest BCUT2D eigenvalue weighted by molar-refractivity contribution is 5.98. The van der Waals surface area contributed by atoms with Gasteiger partial charge in [-0.05, 0) is 31.8 Å². The maximum atomic E-state index is 12.4. The van der Waals surface area contributed by atoms with Crippen LogP contribution < -0.4 is 5.32 Å². The van der Waals surface area contributed by atoms with Crippen LogP contribution in [0.1, 0.15) is 41.5 Å². The minimum absolute atomic E-state index is 0.0593. The summed E-state index contributed by atoms with van der Waals surface area (Å²) in [6, 6.07) is 0. The molecule has 1 atom stereocenters. The Morgan fingerprint density at radius 2 is 1.67 bits per heavy atom. The van der Waals surface area contributed by atoms with Crippen LogP contribution in [0.4, 0.5) is 0 Å². The van der Waals surface area contributed by atoms with Gasteiger partial charge in [-0.25, -0.2) is 0 Å². The monoisotopic (exact) mass is 300 g/mol. The van der Waals surface area contributed by atoms with Gasteiger partial charge in [-0.3, -0.25) is 9.59 Å². The number of esters is 1. The van der Waals surface area contributed by atoms with E-state index in [2.05, 4.69) is 24.1 Å². The summed E-state index contributed by atoms with van der Waals surface area (Å²) in [5, 5.41) is 2.91. The average molecular weight is 300 g/mol. The van der Waals surface area contributed by atoms with Gasteiger partial charge in [0, 0.05) is 13.1 Å². The molecule has 0 aliphatic carbocycles. The first-order valence-electron chi connectivity index (χ1n) is 7.50. The molecule has 0 spiro atoms. The third-order valence-corrected chi connectivity index (χ3v) is 3.14. The van der Waals surface area contributed by atoms with Crippen molar-refractivity contribution in [3.63, 3.8) is 0 Å². The maximum absolute atomic E-state index is 12.4. The average Bonchev–Trinajstić information content (AvgIpc) is 2.23. The fourth-order valence-electron chi connectivity index (χ4n) is 2.42. The van der Waals surface area contributed by atoms with E-state index in [1.165, 1.54) is 0 Å². The number of carbonyl (C=O) groups excluding carboxylic acids is 2. The molecule has 0 aliphatic heterocycles. The summed E-state index contributed by atoms with van der Waals surface area (Å²) in [6.07, 6.45) is 0. The second-order valence-corrected chi connectivity index (χ2v) is 7.67. The summed E-state index contributed by atoms with van der Waals surface area (Å²) in [4.78, 5) is 26.5. The summed E-state index contributed by atoms with van der Waals surface area (Å²) < 4.78 is 5.04. The lowest BCUT2D eigenvalue weighted by Gasteiger charge is -2.31. The minimum atomic E-state index is -0.785. The van der Waals surface area contributed by atoms with E-state index < -0.39 is 17.3 Å². The van der Waals surface area contributed by atoms with E-state index in [0.717, 1.165) is 6.54 Å². The minimum Gasteiger partial charge on any atom is -0.465 e. The second-order valence-electron chi connectivity index (χ2n) is 7.67. The first-order valence-corrected chi connectivity index (χ1v) is 7.50. The van der Waals surface area contributed by atoms with Crippen LogP contribution in [0.5, 0.6) is 0 Å². The Morgan fingerprint density at radius 3 is 2.05 bits per heavy atom. The molecular weight excluding hydrogens is 268 g/mol. The lowest BCUT2D eigenvalue weighted by molar-refractivity contribution is -0.156. The maximum Gasteiger partial charge on any atom is 0.319 e. The molecule has 0 heterocycles. The molecule has 0 saturated heterocycles. The van der Waals surface area contributed by atoms with Gasteiger partial charge in [-0.15, -0.1) is 0 Å². The van der Waals surface area contributed by atoms with E-state index in [-0.39, 0.29) is 17.9 Å². The number of carbonyl (C=O) groups is 2. The Labute approximate surface area is 129 Å². The molecule has 0 aromatic carbocycles. The van der Waals surface area contributed by atoms with Crippen LogP contribution in [0.2, 0.25) is 0 Å². The van der Waals surface area contributed by atoms with Gasteiger partial charge in [-0.2, -0.15) is 0 Å². The largest absolute Gasteiger partial charge is 0.465 e. The first kappa shape index (κ1) is 19.9. The van der Waals surface area contributed by atoms with E-state index in [9.17, 15) is 9.59 Å². The van der Waals surface area contributed by atoms with Crippen LogP contribution in [0.25, 0.3) is 0 Å². The van der Waals surface area contributed by atoms with Crippen LogP contribution in [0.15, 0.2) is 0 Å². The van der Waals surface area contributed by atoms with Crippen molar-refractivity contribution in [1.82, 2.24) is 10.2 Å². The standard InChI is InChI=1S/C16H32N2O3/c1-9-21-14(20)12(15(2,3)4)13(19)17-10-16(5,6)11-18(7)8/h12H,9-11H2,1-8H3,(H,17,19). The van der Waals surface area contributed by atoms with Gasteiger partial charge in [0.15, 0.2) is 0 Å². The molecule has 0 radical (unpaired) electrons. The van der Waals surface area contributed by atoms with Crippen molar-refractivity contribution < 1.29 is 14.3 Å². The number of hydrogen-bond donors (Lipinski definition) is 1. The molecule has 1 amide bonds. The Balaban J connectivity index is 4.81. The SMILES string of the molecule is CCOC(=O)C(C(=O)NCC(C)(C)CN(C)C)C(C)(C)C. The molecule has 21 heavy (non-hydrogen) atoms. The van der Waals surface area contributed by atoms with Crippen molar-refractivity contribution in [1.29, 1.82) is 0 Å². The number of rotatable bonds is 7. The lowest BCUT2D eigenvalue weighted by atomic mass is 9.80. The van der Waals surface area contributed by atoms with Gasteiger partial charge in [0.1, 0.15) is 5.92 Å². The van der Waals surface area contributed by atoms with Crippen LogP contribution in [0, 0.1) is 16.7 Å². The summed E-state index contributed by atoms with van der Waals surface area (Å²) in [5.41, 5.74) is -0.529. The van der Waals surface area contributed by atoms with Crippen molar-refractivity contribution >= 4 is 11.9 Å². The van der Waals surface area contributed by atoms with Crippen molar-refractivity contribution in [3.05, 3.63) is 0 Å². The number of nitrogens with zero attached hydrogens (tertiary/aromatic N) is 1. The zero-order chi connectivity index (χ0) is 16.8. The van der Waals surface area contributed by atoms with Crippen LogP contribution in [-0.4, -0.2) is 50.6 Å². The molecule has 1 N–H and O–H groups in total. The summed E-state index contributed by atoms with van der Waals surface area (Å²) in [6.45, 7) is 13.2. The van der Waals surface area contributed by atoms with Crippen LogP contribution in [0.3, 0.4) is 0 Å². The fraction of sp³-hybridized carbons (Fsp3) is 0.875. The predicted molar refractivity (Wildman–Crippen MR) is 84.9 cm³/mol. The number of ether oxygens (including phenoxy) is 1. The lowest BCUT2D eigenvalue weighted by Crippen LogP contribution is -2.47. The quantitative estimate of drug-likeness (QED) is 0.576. The highest BCUT2D eigenvalue weighted by atomic mass is 16.5. The van der Waals surface area contributed by atoms with E-state index in [1.807, 2.05) is 34.9 Å². The van der Waals surface area contributed by atoms with E-state index in [1.54, 1.807) is 6.92 Å². The molecule has 124 valence electrons. The van der Waals surface area contributed by atoms with Gasteiger partial charge >= 0.3 is 5.97 Å². The number of hydrogen-bond acceptors (Lipinski definition) is 4. The molecule has 1 unspecified atom stereocenters. The van der Waals surface area contributed by atoms with Gasteiger partial charge in [0.25, 0.3) is 0 Å². The Hall–Kier alpha value is -1.10. The molecule has 0 saturated carbocycles. The fourth-order valence-corrected chi connectivity index (χ4v) is 2.42. The highest BCUT2D eigenvalue weighted by Gasteiger charge is 2.39. The van der Waals surface area contributed by atoms with E-state index >= 15 is 0 Å². The van der Waals surface area contributed by atoms with Crippen molar-refractivity contribution in [2.75, 3.05) is 33.8 Å². The van der Waals surface area contributed by atoms with Crippen molar-refractivity contribution in [3.8, 4) is 0 Å². The molecule has 0 bridgehead atoms. The third-order valence-electron chi connectivity index (χ3n) is 3.14. The van der Waals surface area contributed by atoms with Gasteiger partial charge < -0.3 is 15.0 Å². The second kappa shape index (κ2) is 7.78. The molecular formula is C16H32N2O3. The Morgan fingerprint density at radius 1 is 1.14 bits per heavy atom. The summed E-state index contributed by atoms with van der Waals surface area (Å²) in [5.74, 6) is -1.49. The number of nitrogens with one attached hydrogen (secondary N) is 1. The van der Waals surface area contributed by atoms with Crippen molar-refractivity contribution in [2.45, 2.75) is 41.5 Å². The normalized spacial score (nSPS) is 14.0. The first-order chi connectivity index (χ1) is 9.40. The third kappa shape index (κ3) is 7.46. The molecule has 5 nitrogen and oxygen atoms in total. The Bertz CT molecular complexity index is 357. The Kier molecular flexibility index (Phi) is 7.37. The topological polar surface area (TPSA) is 58.6 Å². The van der Waals surface area contributed by atoms with Gasteiger partial charge in [0.05, 0.1) is 6.61 Å². The summed E-state index contributed by atoms with van der Waals surface area (Å²) >= 11 is 0. The zero-order valence-electron chi connectivity index (χ0n) is 14.9. The molecule has 0 aromatic heterocycles. The molecule has 0 rings (SSSR count). The zero-order valence-corrected chi connectivity index (χ0v) is 14.9. The highest BCUT2D eigenvalue weighted by Crippen LogP contribution is 2.27. The molecule has 0 aromatic rings. The van der Waals surface area contributed by atoms with E-state index in [4.69, 9.17) is 4.74 Å². The van der Waals surface area contributed by atoms with Crippen molar-refractivity contribution in [2.24, 2.45) is 16.7 Å².